The van der Waals surface area contributed by atoms with E-state index < -0.39 is 49.5 Å². The zero-order valence-electron chi connectivity index (χ0n) is 58.9. The average Bonchev–Trinajstić information content (AvgIpc) is 1.62. The number of amides is 1. The largest absolute Gasteiger partial charge is 0.466 e. The molecule has 1 fully saturated rings. The molecule has 0 aliphatic carbocycles. The molecule has 7 atom stereocenters. The Bertz CT molecular complexity index is 1630. The van der Waals surface area contributed by atoms with Crippen LogP contribution in [-0.2, 0) is 23.8 Å². The van der Waals surface area contributed by atoms with Crippen LogP contribution >= 0.6 is 0 Å². The van der Waals surface area contributed by atoms with Gasteiger partial charge in [-0.25, -0.2) is 0 Å². The van der Waals surface area contributed by atoms with Gasteiger partial charge < -0.3 is 45.1 Å². The number of rotatable bonds is 69. The topological polar surface area (TPSA) is 175 Å². The van der Waals surface area contributed by atoms with E-state index in [0.717, 1.165) is 64.2 Å². The summed E-state index contributed by atoms with van der Waals surface area (Å²) in [7, 11) is 0. The van der Waals surface area contributed by atoms with Gasteiger partial charge in [-0.2, -0.15) is 0 Å². The van der Waals surface area contributed by atoms with Gasteiger partial charge in [0.05, 0.1) is 32.0 Å². The molecule has 0 radical (unpaired) electrons. The summed E-state index contributed by atoms with van der Waals surface area (Å²) in [5, 5.41) is 54.3. The number of esters is 1. The average molecular weight is 1270 g/mol. The van der Waals surface area contributed by atoms with E-state index in [9.17, 15) is 35.1 Å². The van der Waals surface area contributed by atoms with Gasteiger partial charge in [0, 0.05) is 12.8 Å². The van der Waals surface area contributed by atoms with Gasteiger partial charge in [0.15, 0.2) is 6.29 Å². The molecule has 1 aliphatic rings. The van der Waals surface area contributed by atoms with Crippen molar-refractivity contribution in [1.29, 1.82) is 0 Å². The van der Waals surface area contributed by atoms with Gasteiger partial charge >= 0.3 is 5.97 Å². The highest BCUT2D eigenvalue weighted by molar-refractivity contribution is 5.76. The molecule has 1 heterocycles. The Labute approximate surface area is 555 Å². The standard InChI is InChI=1S/C79H147NO10/c1-3-5-7-9-11-13-14-15-16-17-38-41-44-47-51-55-59-63-67-75(84)88-68-64-60-56-52-48-45-42-39-36-34-32-30-28-26-24-22-20-18-19-21-23-25-27-29-31-33-35-37-40-43-46-50-54-58-62-66-74(83)80-71(72(82)65-61-57-53-49-12-10-8-6-4-2)70-89-79-78(87)77(86)76(85)73(69-81)90-79/h16-17,20,22,26,28,61,65,71-73,76-79,81-82,85-87H,3-15,18-19,21,23-25,27,29-60,62-64,66-70H2,1-2H3,(H,80,83)/b17-16-,22-20-,28-26-,65-61+. The second-order valence-electron chi connectivity index (χ2n) is 27.1. The minimum atomic E-state index is -1.57. The third-order valence-electron chi connectivity index (χ3n) is 18.4. The zero-order chi connectivity index (χ0) is 65.1. The lowest BCUT2D eigenvalue weighted by molar-refractivity contribution is -0.302. The highest BCUT2D eigenvalue weighted by atomic mass is 16.7. The maximum atomic E-state index is 13.0. The molecule has 7 unspecified atom stereocenters. The number of ether oxygens (including phenoxy) is 3. The molecule has 0 aromatic rings. The van der Waals surface area contributed by atoms with Crippen LogP contribution in [0, 0.1) is 0 Å². The molecule has 0 saturated carbocycles. The van der Waals surface area contributed by atoms with Crippen molar-refractivity contribution in [2.75, 3.05) is 19.8 Å². The number of aliphatic hydroxyl groups is 5. The molecule has 11 nitrogen and oxygen atoms in total. The van der Waals surface area contributed by atoms with E-state index in [1.165, 1.54) is 289 Å². The Hall–Kier alpha value is -2.38. The Kier molecular flexibility index (Phi) is 64.7. The van der Waals surface area contributed by atoms with Crippen LogP contribution in [0.1, 0.15) is 380 Å². The fourth-order valence-corrected chi connectivity index (χ4v) is 12.3. The number of carbonyl (C=O) groups excluding carboxylic acids is 2. The summed E-state index contributed by atoms with van der Waals surface area (Å²) >= 11 is 0. The molecule has 0 aromatic heterocycles. The fourth-order valence-electron chi connectivity index (χ4n) is 12.3. The second-order valence-corrected chi connectivity index (χ2v) is 27.1. The maximum Gasteiger partial charge on any atom is 0.305 e. The van der Waals surface area contributed by atoms with Crippen LogP contribution in [0.25, 0.3) is 0 Å². The van der Waals surface area contributed by atoms with Gasteiger partial charge in [-0.1, -0.05) is 326 Å². The van der Waals surface area contributed by atoms with Gasteiger partial charge in [-0.3, -0.25) is 9.59 Å². The number of aliphatic hydroxyl groups excluding tert-OH is 5. The van der Waals surface area contributed by atoms with Crippen LogP contribution in [-0.4, -0.2) is 100 Å². The van der Waals surface area contributed by atoms with Crippen LogP contribution in [0.15, 0.2) is 48.6 Å². The van der Waals surface area contributed by atoms with Crippen molar-refractivity contribution in [3.05, 3.63) is 48.6 Å². The van der Waals surface area contributed by atoms with E-state index in [1.807, 2.05) is 6.08 Å². The van der Waals surface area contributed by atoms with Gasteiger partial charge in [0.1, 0.15) is 24.4 Å². The molecule has 90 heavy (non-hydrogen) atoms. The molecule has 0 spiro atoms. The molecule has 1 aliphatic heterocycles. The molecular weight excluding hydrogens is 1120 g/mol. The Morgan fingerprint density at radius 2 is 0.744 bits per heavy atom. The first-order valence-corrected chi connectivity index (χ1v) is 38.9. The van der Waals surface area contributed by atoms with E-state index >= 15 is 0 Å². The number of allylic oxidation sites excluding steroid dienone is 7. The first kappa shape index (κ1) is 85.6. The summed E-state index contributed by atoms with van der Waals surface area (Å²) in [6.07, 6.45) is 80.1. The summed E-state index contributed by atoms with van der Waals surface area (Å²) in [5.74, 6) is -0.173. The predicted octanol–water partition coefficient (Wildman–Crippen LogP) is 20.7. The van der Waals surface area contributed by atoms with Crippen molar-refractivity contribution in [2.45, 2.75) is 423 Å². The number of nitrogens with one attached hydrogen (secondary N) is 1. The highest BCUT2D eigenvalue weighted by Crippen LogP contribution is 2.24. The first-order chi connectivity index (χ1) is 44.2. The SMILES string of the molecule is CCCCCCCCC/C=C\CCCCCCCCCC(=O)OCCCCCCCCCCCCC/C=C\C/C=C\CCCCCCCCCCCCCCCCCCCC(=O)NC(COC1OC(CO)C(O)C(O)C1O)C(O)/C=C/CCCCCCCCC. The molecule has 1 rings (SSSR count). The van der Waals surface area contributed by atoms with E-state index in [1.54, 1.807) is 6.08 Å². The number of unbranched alkanes of at least 4 members (excludes halogenated alkanes) is 49. The van der Waals surface area contributed by atoms with Gasteiger partial charge in [0.25, 0.3) is 0 Å². The molecule has 0 aromatic carbocycles. The van der Waals surface area contributed by atoms with Crippen LogP contribution in [0.2, 0.25) is 0 Å². The van der Waals surface area contributed by atoms with E-state index in [-0.39, 0.29) is 18.5 Å². The van der Waals surface area contributed by atoms with E-state index in [4.69, 9.17) is 14.2 Å². The van der Waals surface area contributed by atoms with Crippen LogP contribution in [0.4, 0.5) is 0 Å². The molecular formula is C79H147NO10. The van der Waals surface area contributed by atoms with Gasteiger partial charge in [0.2, 0.25) is 5.91 Å². The molecule has 11 heteroatoms. The van der Waals surface area contributed by atoms with Crippen LogP contribution in [0.5, 0.6) is 0 Å². The number of carbonyl (C=O) groups is 2. The third kappa shape index (κ3) is 56.0. The van der Waals surface area contributed by atoms with Crippen molar-refractivity contribution in [3.63, 3.8) is 0 Å². The predicted molar refractivity (Wildman–Crippen MR) is 380 cm³/mol. The molecule has 1 saturated heterocycles. The summed E-state index contributed by atoms with van der Waals surface area (Å²) in [6.45, 7) is 4.35. The lowest BCUT2D eigenvalue weighted by Gasteiger charge is -2.40. The normalized spacial score (nSPS) is 17.9. The van der Waals surface area contributed by atoms with Crippen molar-refractivity contribution in [1.82, 2.24) is 5.32 Å². The third-order valence-corrected chi connectivity index (χ3v) is 18.4. The molecule has 528 valence electrons. The molecule has 1 amide bonds. The second kappa shape index (κ2) is 68.0. The highest BCUT2D eigenvalue weighted by Gasteiger charge is 2.44. The van der Waals surface area contributed by atoms with Gasteiger partial charge in [-0.05, 0) is 89.9 Å². The molecule has 0 bridgehead atoms. The minimum absolute atomic E-state index is 0.00751. The van der Waals surface area contributed by atoms with Crippen molar-refractivity contribution < 1.29 is 49.3 Å². The van der Waals surface area contributed by atoms with Crippen molar-refractivity contribution >= 4 is 11.9 Å². The summed E-state index contributed by atoms with van der Waals surface area (Å²) < 4.78 is 16.7. The maximum absolute atomic E-state index is 13.0. The lowest BCUT2D eigenvalue weighted by atomic mass is 9.99. The Morgan fingerprint density at radius 3 is 1.13 bits per heavy atom. The van der Waals surface area contributed by atoms with E-state index in [2.05, 4.69) is 55.6 Å². The number of hydrogen-bond acceptors (Lipinski definition) is 10. The van der Waals surface area contributed by atoms with Crippen LogP contribution < -0.4 is 5.32 Å². The fraction of sp³-hybridized carbons (Fsp3) is 0.873. The zero-order valence-corrected chi connectivity index (χ0v) is 58.9. The van der Waals surface area contributed by atoms with E-state index in [0.29, 0.717) is 19.4 Å². The monoisotopic (exact) mass is 1270 g/mol. The summed E-state index contributed by atoms with van der Waals surface area (Å²) in [5.41, 5.74) is 0. The Morgan fingerprint density at radius 1 is 0.411 bits per heavy atom. The Balaban J connectivity index is 1.88. The lowest BCUT2D eigenvalue weighted by Crippen LogP contribution is -2.60. The van der Waals surface area contributed by atoms with Crippen LogP contribution in [0.3, 0.4) is 0 Å². The van der Waals surface area contributed by atoms with Crippen molar-refractivity contribution in [2.24, 2.45) is 0 Å². The number of hydrogen-bond donors (Lipinski definition) is 6. The van der Waals surface area contributed by atoms with Crippen molar-refractivity contribution in [3.8, 4) is 0 Å². The first-order valence-electron chi connectivity index (χ1n) is 38.9. The summed E-state index contributed by atoms with van der Waals surface area (Å²) in [6, 6.07) is -0.807. The minimum Gasteiger partial charge on any atom is -0.466 e. The van der Waals surface area contributed by atoms with Gasteiger partial charge in [-0.15, -0.1) is 0 Å². The molecule has 6 N–H and O–H groups in total. The summed E-state index contributed by atoms with van der Waals surface area (Å²) in [4.78, 5) is 25.1. The smallest absolute Gasteiger partial charge is 0.305 e. The quantitative estimate of drug-likeness (QED) is 0.0195.